The van der Waals surface area contributed by atoms with Crippen LogP contribution in [0.3, 0.4) is 0 Å². The zero-order valence-corrected chi connectivity index (χ0v) is 17.1. The van der Waals surface area contributed by atoms with E-state index in [2.05, 4.69) is 63.8 Å². The number of benzene rings is 1. The molecular weight excluding hydrogens is 319 g/mol. The van der Waals surface area contributed by atoms with Gasteiger partial charge in [0.2, 0.25) is 0 Å². The van der Waals surface area contributed by atoms with Gasteiger partial charge in [0.1, 0.15) is 0 Å². The van der Waals surface area contributed by atoms with Crippen LogP contribution >= 0.6 is 17.2 Å². The first-order valence-corrected chi connectivity index (χ1v) is 13.2. The third-order valence-corrected chi connectivity index (χ3v) is 13.4. The van der Waals surface area contributed by atoms with Crippen LogP contribution in [0.5, 0.6) is 0 Å². The van der Waals surface area contributed by atoms with Crippen molar-refractivity contribution in [2.45, 2.75) is 65.0 Å². The summed E-state index contributed by atoms with van der Waals surface area (Å²) in [6.07, 6.45) is 13.2. The Morgan fingerprint density at radius 1 is 0.913 bits per heavy atom. The van der Waals surface area contributed by atoms with Crippen LogP contribution < -0.4 is 0 Å². The second kappa shape index (κ2) is 9.85. The van der Waals surface area contributed by atoms with Gasteiger partial charge < -0.3 is 0 Å². The second-order valence-electron chi connectivity index (χ2n) is 7.00. The molecule has 0 N–H and O–H groups in total. The van der Waals surface area contributed by atoms with Crippen molar-refractivity contribution in [1.82, 2.24) is 0 Å². The molecular formula is C21H36ClP. The van der Waals surface area contributed by atoms with Crippen LogP contribution in [-0.4, -0.2) is 18.5 Å². The van der Waals surface area contributed by atoms with E-state index in [0.29, 0.717) is 5.66 Å². The van der Waals surface area contributed by atoms with Crippen molar-refractivity contribution in [1.29, 1.82) is 0 Å². The first kappa shape index (κ1) is 20.7. The molecule has 1 atom stereocenters. The van der Waals surface area contributed by atoms with E-state index >= 15 is 0 Å². The summed E-state index contributed by atoms with van der Waals surface area (Å²) in [6.45, 7) is 11.1. The van der Waals surface area contributed by atoms with Crippen molar-refractivity contribution < 1.29 is 0 Å². The Labute approximate surface area is 149 Å². The average molecular weight is 355 g/mol. The summed E-state index contributed by atoms with van der Waals surface area (Å²) in [7, 11) is 0. The van der Waals surface area contributed by atoms with Crippen LogP contribution in [0.15, 0.2) is 43.0 Å². The third kappa shape index (κ3) is 5.33. The molecule has 0 saturated heterocycles. The number of unbranched alkanes of at least 4 members (excludes halogenated alkanes) is 3. The normalized spacial score (nSPS) is 14.9. The fourth-order valence-corrected chi connectivity index (χ4v) is 11.6. The minimum absolute atomic E-state index is 0.341. The molecule has 0 bridgehead atoms. The fraction of sp³-hybridized carbons (Fsp3) is 0.619. The molecule has 0 saturated carbocycles. The predicted molar refractivity (Wildman–Crippen MR) is 111 cm³/mol. The van der Waals surface area contributed by atoms with E-state index in [-0.39, 0.29) is 0 Å². The number of allylic oxidation sites excluding steroid dienone is 1. The van der Waals surface area contributed by atoms with E-state index in [4.69, 9.17) is 11.2 Å². The van der Waals surface area contributed by atoms with Crippen LogP contribution in [0.25, 0.3) is 0 Å². The molecule has 132 valence electrons. The summed E-state index contributed by atoms with van der Waals surface area (Å²) in [6, 6.07) is 10.9. The molecule has 1 unspecified atom stereocenters. The standard InChI is InChI=1S/C21H36ClP/c1-5-9-17-23(22,18-10-6-2,19-11-7-3)21(8-4)20-15-13-12-14-16-20/h8,12-16,21H,4-7,9-11,17-19H2,1-3H3. The van der Waals surface area contributed by atoms with Gasteiger partial charge in [-0.05, 0) is 0 Å². The van der Waals surface area contributed by atoms with Gasteiger partial charge in [0.15, 0.2) is 0 Å². The van der Waals surface area contributed by atoms with E-state index in [0.717, 1.165) is 0 Å². The molecule has 0 aliphatic carbocycles. The molecule has 0 spiro atoms. The Morgan fingerprint density at radius 2 is 1.35 bits per heavy atom. The van der Waals surface area contributed by atoms with Crippen LogP contribution in [0.2, 0.25) is 0 Å². The van der Waals surface area contributed by atoms with E-state index in [9.17, 15) is 0 Å². The van der Waals surface area contributed by atoms with Crippen LogP contribution in [0.4, 0.5) is 0 Å². The zero-order chi connectivity index (χ0) is 17.2. The van der Waals surface area contributed by atoms with Crippen molar-refractivity contribution in [3.63, 3.8) is 0 Å². The first-order valence-electron chi connectivity index (χ1n) is 9.44. The molecule has 1 aromatic carbocycles. The van der Waals surface area contributed by atoms with Gasteiger partial charge in [-0.3, -0.25) is 0 Å². The number of halogens is 1. The van der Waals surface area contributed by atoms with Crippen molar-refractivity contribution in [3.05, 3.63) is 48.6 Å². The monoisotopic (exact) mass is 354 g/mol. The number of hydrogen-bond donors (Lipinski definition) is 0. The predicted octanol–water partition coefficient (Wildman–Crippen LogP) is 8.02. The molecule has 0 heterocycles. The number of hydrogen-bond acceptors (Lipinski definition) is 0. The third-order valence-electron chi connectivity index (χ3n) is 5.18. The molecule has 1 rings (SSSR count). The van der Waals surface area contributed by atoms with Gasteiger partial charge in [-0.25, -0.2) is 0 Å². The second-order valence-corrected chi connectivity index (χ2v) is 15.0. The Balaban J connectivity index is 3.33. The van der Waals surface area contributed by atoms with Gasteiger partial charge in [0.25, 0.3) is 0 Å². The van der Waals surface area contributed by atoms with Gasteiger partial charge in [0.05, 0.1) is 0 Å². The van der Waals surface area contributed by atoms with Gasteiger partial charge in [-0.1, -0.05) is 0 Å². The van der Waals surface area contributed by atoms with Crippen LogP contribution in [0.1, 0.15) is 70.5 Å². The number of rotatable bonds is 12. The van der Waals surface area contributed by atoms with Gasteiger partial charge in [0, 0.05) is 0 Å². The molecule has 0 aliphatic rings. The summed E-state index contributed by atoms with van der Waals surface area (Å²) in [5.41, 5.74) is 1.71. The molecule has 0 aromatic heterocycles. The van der Waals surface area contributed by atoms with Gasteiger partial charge in [-0.15, -0.1) is 0 Å². The summed E-state index contributed by atoms with van der Waals surface area (Å²) in [5.74, 6) is -2.37. The SMILES string of the molecule is C=CC(c1ccccc1)P(Cl)(CCCC)(CCCC)CCCC. The van der Waals surface area contributed by atoms with Crippen LogP contribution in [-0.2, 0) is 0 Å². The maximum absolute atomic E-state index is 7.79. The van der Waals surface area contributed by atoms with E-state index in [1.807, 2.05) is 0 Å². The molecule has 0 aliphatic heterocycles. The first-order chi connectivity index (χ1) is 11.0. The van der Waals surface area contributed by atoms with Crippen molar-refractivity contribution in [3.8, 4) is 0 Å². The Hall–Kier alpha value is -0.320. The molecule has 0 amide bonds. The minimum atomic E-state index is -2.37. The molecule has 0 fully saturated rings. The molecule has 2 heteroatoms. The van der Waals surface area contributed by atoms with E-state index in [1.54, 1.807) is 0 Å². The Kier molecular flexibility index (Phi) is 8.88. The molecule has 1 aromatic rings. The van der Waals surface area contributed by atoms with Crippen molar-refractivity contribution in [2.24, 2.45) is 0 Å². The van der Waals surface area contributed by atoms with E-state index in [1.165, 1.54) is 62.6 Å². The van der Waals surface area contributed by atoms with Gasteiger partial charge >= 0.3 is 149 Å². The molecule has 0 radical (unpaired) electrons. The van der Waals surface area contributed by atoms with E-state index < -0.39 is 5.96 Å². The molecule has 0 nitrogen and oxygen atoms in total. The molecule has 23 heavy (non-hydrogen) atoms. The summed E-state index contributed by atoms with van der Waals surface area (Å²) < 4.78 is 0. The summed E-state index contributed by atoms with van der Waals surface area (Å²) >= 11 is 7.79. The average Bonchev–Trinajstić information content (AvgIpc) is 2.59. The topological polar surface area (TPSA) is 0 Å². The van der Waals surface area contributed by atoms with Crippen LogP contribution in [0, 0.1) is 0 Å². The zero-order valence-electron chi connectivity index (χ0n) is 15.4. The maximum atomic E-state index is 7.79. The Bertz CT molecular complexity index is 430. The summed E-state index contributed by atoms with van der Waals surface area (Å²) in [5, 5.41) is 0. The van der Waals surface area contributed by atoms with Crippen molar-refractivity contribution in [2.75, 3.05) is 18.5 Å². The fourth-order valence-electron chi connectivity index (χ4n) is 3.77. The van der Waals surface area contributed by atoms with Gasteiger partial charge in [-0.2, -0.15) is 0 Å². The Morgan fingerprint density at radius 3 is 1.70 bits per heavy atom. The van der Waals surface area contributed by atoms with Crippen molar-refractivity contribution >= 4 is 17.2 Å². The summed E-state index contributed by atoms with van der Waals surface area (Å²) in [4.78, 5) is 0. The quantitative estimate of drug-likeness (QED) is 0.263.